The molecule has 1 amide bonds. The summed E-state index contributed by atoms with van der Waals surface area (Å²) in [6.07, 6.45) is 1.84. The van der Waals surface area contributed by atoms with Gasteiger partial charge in [-0.3, -0.25) is 9.59 Å². The molecule has 0 saturated heterocycles. The van der Waals surface area contributed by atoms with Gasteiger partial charge >= 0.3 is 5.97 Å². The van der Waals surface area contributed by atoms with Gasteiger partial charge in [0.15, 0.2) is 0 Å². The Hall–Kier alpha value is -1.06. The summed E-state index contributed by atoms with van der Waals surface area (Å²) in [5, 5.41) is 9.05. The molecular formula is C10H17NO3. The van der Waals surface area contributed by atoms with Gasteiger partial charge in [0.1, 0.15) is 5.41 Å². The number of amides is 1. The summed E-state index contributed by atoms with van der Waals surface area (Å²) in [5.74, 6) is -1.16. The highest BCUT2D eigenvalue weighted by Gasteiger charge is 2.52. The number of carboxylic acid groups (broad SMARTS) is 1. The van der Waals surface area contributed by atoms with Crippen LogP contribution in [0.2, 0.25) is 0 Å². The Morgan fingerprint density at radius 1 is 1.29 bits per heavy atom. The van der Waals surface area contributed by atoms with E-state index in [1.165, 1.54) is 0 Å². The molecule has 0 aromatic carbocycles. The molecule has 1 N–H and O–H groups in total. The lowest BCUT2D eigenvalue weighted by atomic mass is 9.67. The van der Waals surface area contributed by atoms with Crippen molar-refractivity contribution in [2.45, 2.75) is 33.1 Å². The Labute approximate surface area is 83.9 Å². The number of rotatable bonds is 4. The van der Waals surface area contributed by atoms with E-state index >= 15 is 0 Å². The Balaban J connectivity index is 2.79. The number of carboxylic acids is 1. The molecule has 80 valence electrons. The van der Waals surface area contributed by atoms with Crippen LogP contribution >= 0.6 is 0 Å². The van der Waals surface area contributed by atoms with Crippen molar-refractivity contribution >= 4 is 11.9 Å². The molecule has 0 aromatic rings. The van der Waals surface area contributed by atoms with Crippen LogP contribution in [0.1, 0.15) is 33.1 Å². The van der Waals surface area contributed by atoms with Crippen molar-refractivity contribution in [1.29, 1.82) is 0 Å². The summed E-state index contributed by atoms with van der Waals surface area (Å²) in [7, 11) is 0. The summed E-state index contributed by atoms with van der Waals surface area (Å²) in [6.45, 7) is 4.92. The van der Waals surface area contributed by atoms with E-state index in [-0.39, 0.29) is 5.91 Å². The SMILES string of the molecule is CCN(CC)C(=O)C1(C(=O)O)CCC1. The summed E-state index contributed by atoms with van der Waals surface area (Å²) < 4.78 is 0. The van der Waals surface area contributed by atoms with E-state index in [1.807, 2.05) is 13.8 Å². The summed E-state index contributed by atoms with van der Waals surface area (Å²) in [6, 6.07) is 0. The molecule has 1 saturated carbocycles. The second-order valence-electron chi connectivity index (χ2n) is 3.72. The normalized spacial score (nSPS) is 18.4. The Morgan fingerprint density at radius 2 is 1.79 bits per heavy atom. The minimum atomic E-state index is -1.09. The van der Waals surface area contributed by atoms with Crippen LogP contribution in [0.15, 0.2) is 0 Å². The lowest BCUT2D eigenvalue weighted by Gasteiger charge is -2.39. The molecule has 0 atom stereocenters. The first-order chi connectivity index (χ1) is 6.58. The molecule has 0 aliphatic heterocycles. The van der Waals surface area contributed by atoms with Gasteiger partial charge in [-0.25, -0.2) is 0 Å². The number of aliphatic carboxylic acids is 1. The van der Waals surface area contributed by atoms with Crippen molar-refractivity contribution in [3.8, 4) is 0 Å². The number of hydrogen-bond donors (Lipinski definition) is 1. The topological polar surface area (TPSA) is 57.6 Å². The second-order valence-corrected chi connectivity index (χ2v) is 3.72. The first-order valence-electron chi connectivity index (χ1n) is 5.11. The predicted octanol–water partition coefficient (Wildman–Crippen LogP) is 1.11. The van der Waals surface area contributed by atoms with Crippen molar-refractivity contribution in [3.63, 3.8) is 0 Å². The molecule has 4 heteroatoms. The first kappa shape index (κ1) is 11.0. The minimum Gasteiger partial charge on any atom is -0.480 e. The third-order valence-corrected chi connectivity index (χ3v) is 3.08. The largest absolute Gasteiger partial charge is 0.480 e. The molecule has 1 aliphatic rings. The van der Waals surface area contributed by atoms with Gasteiger partial charge < -0.3 is 10.0 Å². The van der Waals surface area contributed by atoms with E-state index in [0.29, 0.717) is 25.9 Å². The molecular weight excluding hydrogens is 182 g/mol. The molecule has 1 fully saturated rings. The molecule has 0 aromatic heterocycles. The van der Waals surface area contributed by atoms with E-state index in [4.69, 9.17) is 5.11 Å². The van der Waals surface area contributed by atoms with Crippen LogP contribution < -0.4 is 0 Å². The molecule has 0 spiro atoms. The number of carbonyl (C=O) groups is 2. The van der Waals surface area contributed by atoms with E-state index in [9.17, 15) is 9.59 Å². The zero-order valence-electron chi connectivity index (χ0n) is 8.75. The smallest absolute Gasteiger partial charge is 0.319 e. The summed E-state index contributed by atoms with van der Waals surface area (Å²) in [4.78, 5) is 24.5. The maximum Gasteiger partial charge on any atom is 0.319 e. The van der Waals surface area contributed by atoms with Gasteiger partial charge in [-0.2, -0.15) is 0 Å². The minimum absolute atomic E-state index is 0.207. The third-order valence-electron chi connectivity index (χ3n) is 3.08. The molecule has 4 nitrogen and oxygen atoms in total. The lowest BCUT2D eigenvalue weighted by Crippen LogP contribution is -2.52. The second kappa shape index (κ2) is 3.98. The monoisotopic (exact) mass is 199 g/mol. The van der Waals surface area contributed by atoms with Crippen molar-refractivity contribution in [3.05, 3.63) is 0 Å². The predicted molar refractivity (Wildman–Crippen MR) is 51.8 cm³/mol. The van der Waals surface area contributed by atoms with Gasteiger partial charge in [0.2, 0.25) is 5.91 Å². The zero-order valence-corrected chi connectivity index (χ0v) is 8.75. The van der Waals surface area contributed by atoms with Crippen LogP contribution in [0.5, 0.6) is 0 Å². The molecule has 0 heterocycles. The average molecular weight is 199 g/mol. The van der Waals surface area contributed by atoms with E-state index in [1.54, 1.807) is 4.90 Å². The fourth-order valence-corrected chi connectivity index (χ4v) is 1.86. The first-order valence-corrected chi connectivity index (χ1v) is 5.11. The lowest BCUT2D eigenvalue weighted by molar-refractivity contribution is -0.167. The highest BCUT2D eigenvalue weighted by atomic mass is 16.4. The number of carbonyl (C=O) groups excluding carboxylic acids is 1. The van der Waals surface area contributed by atoms with Gasteiger partial charge in [-0.1, -0.05) is 6.42 Å². The van der Waals surface area contributed by atoms with Crippen LogP contribution in [0.3, 0.4) is 0 Å². The highest BCUT2D eigenvalue weighted by molar-refractivity contribution is 6.02. The van der Waals surface area contributed by atoms with Crippen LogP contribution in [-0.4, -0.2) is 35.0 Å². The summed E-state index contributed by atoms with van der Waals surface area (Å²) in [5.41, 5.74) is -1.09. The molecule has 0 radical (unpaired) electrons. The quantitative estimate of drug-likeness (QED) is 0.690. The molecule has 0 unspecified atom stereocenters. The van der Waals surface area contributed by atoms with Crippen LogP contribution in [0, 0.1) is 5.41 Å². The van der Waals surface area contributed by atoms with Crippen LogP contribution in [-0.2, 0) is 9.59 Å². The van der Waals surface area contributed by atoms with Crippen molar-refractivity contribution in [2.75, 3.05) is 13.1 Å². The van der Waals surface area contributed by atoms with Crippen molar-refractivity contribution in [1.82, 2.24) is 4.90 Å². The third kappa shape index (κ3) is 1.49. The summed E-state index contributed by atoms with van der Waals surface area (Å²) >= 11 is 0. The maximum absolute atomic E-state index is 11.9. The van der Waals surface area contributed by atoms with E-state index in [2.05, 4.69) is 0 Å². The Kier molecular flexibility index (Phi) is 3.13. The molecule has 0 bridgehead atoms. The van der Waals surface area contributed by atoms with Gasteiger partial charge in [0.05, 0.1) is 0 Å². The van der Waals surface area contributed by atoms with E-state index < -0.39 is 11.4 Å². The van der Waals surface area contributed by atoms with Crippen LogP contribution in [0.4, 0.5) is 0 Å². The Morgan fingerprint density at radius 3 is 2.00 bits per heavy atom. The van der Waals surface area contributed by atoms with Crippen LogP contribution in [0.25, 0.3) is 0 Å². The van der Waals surface area contributed by atoms with Gasteiger partial charge in [-0.15, -0.1) is 0 Å². The van der Waals surface area contributed by atoms with Crippen molar-refractivity contribution < 1.29 is 14.7 Å². The zero-order chi connectivity index (χ0) is 10.8. The Bertz CT molecular complexity index is 242. The van der Waals surface area contributed by atoms with Gasteiger partial charge in [0, 0.05) is 13.1 Å². The molecule has 1 rings (SSSR count). The average Bonchev–Trinajstić information content (AvgIpc) is 2.03. The van der Waals surface area contributed by atoms with E-state index in [0.717, 1.165) is 6.42 Å². The molecule has 14 heavy (non-hydrogen) atoms. The standard InChI is InChI=1S/C10H17NO3/c1-3-11(4-2)8(12)10(9(13)14)6-5-7-10/h3-7H2,1-2H3,(H,13,14). The maximum atomic E-state index is 11.9. The fraction of sp³-hybridized carbons (Fsp3) is 0.800. The van der Waals surface area contributed by atoms with Gasteiger partial charge in [0.25, 0.3) is 0 Å². The van der Waals surface area contributed by atoms with Gasteiger partial charge in [-0.05, 0) is 26.7 Å². The number of nitrogens with zero attached hydrogens (tertiary/aromatic N) is 1. The van der Waals surface area contributed by atoms with Crippen molar-refractivity contribution in [2.24, 2.45) is 5.41 Å². The molecule has 1 aliphatic carbocycles. The number of hydrogen-bond acceptors (Lipinski definition) is 2. The fourth-order valence-electron chi connectivity index (χ4n) is 1.86. The highest BCUT2D eigenvalue weighted by Crippen LogP contribution is 2.42.